The molecular formula is C28H34N2O5. The Hall–Kier alpha value is -3.35. The van der Waals surface area contributed by atoms with E-state index in [1.54, 1.807) is 0 Å². The molecule has 2 aromatic carbocycles. The highest BCUT2D eigenvalue weighted by Crippen LogP contribution is 2.44. The van der Waals surface area contributed by atoms with Gasteiger partial charge in [0.25, 0.3) is 0 Å². The number of ether oxygens (including phenoxy) is 1. The summed E-state index contributed by atoms with van der Waals surface area (Å²) in [5.74, 6) is -1.29. The lowest BCUT2D eigenvalue weighted by Crippen LogP contribution is -2.46. The highest BCUT2D eigenvalue weighted by molar-refractivity contribution is 5.80. The van der Waals surface area contributed by atoms with Gasteiger partial charge in [0.2, 0.25) is 5.91 Å². The Bertz CT molecular complexity index is 1040. The molecule has 1 unspecified atom stereocenters. The van der Waals surface area contributed by atoms with Crippen LogP contribution >= 0.6 is 0 Å². The van der Waals surface area contributed by atoms with Crippen LogP contribution in [-0.2, 0) is 14.3 Å². The molecule has 3 N–H and O–H groups in total. The van der Waals surface area contributed by atoms with Crippen molar-refractivity contribution in [3.05, 3.63) is 59.7 Å². The first-order chi connectivity index (χ1) is 16.8. The van der Waals surface area contributed by atoms with E-state index in [1.165, 1.54) is 11.1 Å². The van der Waals surface area contributed by atoms with Gasteiger partial charge in [-0.1, -0.05) is 68.8 Å². The van der Waals surface area contributed by atoms with Crippen LogP contribution in [0, 0.1) is 11.8 Å². The number of carboxylic acids is 1. The summed E-state index contributed by atoms with van der Waals surface area (Å²) >= 11 is 0. The fourth-order valence-corrected chi connectivity index (χ4v) is 5.31. The number of hydrogen-bond acceptors (Lipinski definition) is 4. The molecule has 0 heterocycles. The van der Waals surface area contributed by atoms with Gasteiger partial charge in [-0.3, -0.25) is 9.59 Å². The summed E-state index contributed by atoms with van der Waals surface area (Å²) in [5, 5.41) is 15.0. The minimum atomic E-state index is -0.928. The second-order valence-corrected chi connectivity index (χ2v) is 9.99. The third-order valence-electron chi connectivity index (χ3n) is 7.24. The minimum Gasteiger partial charge on any atom is -0.481 e. The van der Waals surface area contributed by atoms with Crippen LogP contribution in [-0.4, -0.2) is 41.8 Å². The third-order valence-corrected chi connectivity index (χ3v) is 7.24. The largest absolute Gasteiger partial charge is 0.481 e. The van der Waals surface area contributed by atoms with Gasteiger partial charge in [0, 0.05) is 23.9 Å². The van der Waals surface area contributed by atoms with Crippen LogP contribution in [0.25, 0.3) is 11.1 Å². The Morgan fingerprint density at radius 1 is 1.00 bits per heavy atom. The number of nitrogens with one attached hydrogen (secondary N) is 2. The minimum absolute atomic E-state index is 0.000217. The van der Waals surface area contributed by atoms with Gasteiger partial charge in [-0.05, 0) is 47.4 Å². The normalized spacial score (nSPS) is 20.0. The zero-order valence-electron chi connectivity index (χ0n) is 20.3. The van der Waals surface area contributed by atoms with E-state index in [-0.39, 0.29) is 42.7 Å². The molecule has 0 radical (unpaired) electrons. The number of fused-ring (bicyclic) bond motifs is 3. The van der Waals surface area contributed by atoms with Crippen LogP contribution in [0.1, 0.15) is 63.0 Å². The number of carbonyl (C=O) groups is 3. The molecule has 7 heteroatoms. The van der Waals surface area contributed by atoms with Crippen molar-refractivity contribution >= 4 is 18.0 Å². The summed E-state index contributed by atoms with van der Waals surface area (Å²) in [7, 11) is 0. The van der Waals surface area contributed by atoms with Crippen LogP contribution in [0.15, 0.2) is 48.5 Å². The number of amides is 2. The first-order valence-corrected chi connectivity index (χ1v) is 12.5. The van der Waals surface area contributed by atoms with Crippen molar-refractivity contribution in [2.24, 2.45) is 11.8 Å². The summed E-state index contributed by atoms with van der Waals surface area (Å²) in [4.78, 5) is 36.6. The smallest absolute Gasteiger partial charge is 0.407 e. The van der Waals surface area contributed by atoms with Gasteiger partial charge in [-0.15, -0.1) is 0 Å². The molecule has 3 atom stereocenters. The topological polar surface area (TPSA) is 105 Å². The maximum atomic E-state index is 12.8. The van der Waals surface area contributed by atoms with E-state index >= 15 is 0 Å². The highest BCUT2D eigenvalue weighted by Gasteiger charge is 2.32. The van der Waals surface area contributed by atoms with Gasteiger partial charge in [-0.2, -0.15) is 0 Å². The van der Waals surface area contributed by atoms with Crippen LogP contribution in [0.5, 0.6) is 0 Å². The predicted octanol–water partition coefficient (Wildman–Crippen LogP) is 4.70. The van der Waals surface area contributed by atoms with Crippen LogP contribution in [0.2, 0.25) is 0 Å². The third kappa shape index (κ3) is 5.84. The Kier molecular flexibility index (Phi) is 7.73. The zero-order chi connectivity index (χ0) is 24.9. The van der Waals surface area contributed by atoms with Crippen molar-refractivity contribution in [3.8, 4) is 11.1 Å². The standard InChI is InChI=1S/C28H34N2O5/c1-17(2)25(15-26(31)32)30-27(33)18-8-7-9-19(14-18)29-28(34)35-16-24-22-12-5-3-10-20(22)21-11-4-6-13-23(21)24/h3-6,10-13,17-19,24-25H,7-9,14-16H2,1-2H3,(H,29,34)(H,30,33)(H,31,32)/t18-,19+,25?/m0/s1. The number of benzene rings is 2. The molecule has 0 saturated heterocycles. The Morgan fingerprint density at radius 3 is 2.23 bits per heavy atom. The second kappa shape index (κ2) is 10.9. The predicted molar refractivity (Wildman–Crippen MR) is 133 cm³/mol. The van der Waals surface area contributed by atoms with Crippen molar-refractivity contribution in [3.63, 3.8) is 0 Å². The first-order valence-electron chi connectivity index (χ1n) is 12.5. The molecule has 186 valence electrons. The fourth-order valence-electron chi connectivity index (χ4n) is 5.31. The lowest BCUT2D eigenvalue weighted by Gasteiger charge is -2.30. The van der Waals surface area contributed by atoms with Crippen LogP contribution in [0.3, 0.4) is 0 Å². The number of carboxylic acid groups (broad SMARTS) is 1. The van der Waals surface area contributed by atoms with Crippen molar-refractivity contribution < 1.29 is 24.2 Å². The van der Waals surface area contributed by atoms with E-state index in [0.29, 0.717) is 6.42 Å². The summed E-state index contributed by atoms with van der Waals surface area (Å²) in [6.07, 6.45) is 2.29. The van der Waals surface area contributed by atoms with Gasteiger partial charge in [0.15, 0.2) is 0 Å². The summed E-state index contributed by atoms with van der Waals surface area (Å²) in [6.45, 7) is 4.05. The van der Waals surface area contributed by atoms with E-state index in [2.05, 4.69) is 34.9 Å². The van der Waals surface area contributed by atoms with Gasteiger partial charge < -0.3 is 20.5 Å². The molecule has 1 saturated carbocycles. The number of alkyl carbamates (subject to hydrolysis) is 1. The summed E-state index contributed by atoms with van der Waals surface area (Å²) in [5.41, 5.74) is 4.69. The zero-order valence-corrected chi connectivity index (χ0v) is 20.3. The molecule has 1 fully saturated rings. The lowest BCUT2D eigenvalue weighted by molar-refractivity contribution is -0.138. The molecule has 0 aliphatic heterocycles. The maximum absolute atomic E-state index is 12.8. The SMILES string of the molecule is CC(C)C(CC(=O)O)NC(=O)[C@H]1CCC[C@@H](NC(=O)OCC2c3ccccc3-c3ccccc32)C1. The maximum Gasteiger partial charge on any atom is 0.407 e. The van der Waals surface area contributed by atoms with Crippen molar-refractivity contribution in [2.75, 3.05) is 6.61 Å². The van der Waals surface area contributed by atoms with E-state index in [4.69, 9.17) is 9.84 Å². The lowest BCUT2D eigenvalue weighted by atomic mass is 9.84. The average Bonchev–Trinajstić information content (AvgIpc) is 3.16. The van der Waals surface area contributed by atoms with Crippen LogP contribution in [0.4, 0.5) is 4.79 Å². The number of hydrogen-bond donors (Lipinski definition) is 3. The summed E-state index contributed by atoms with van der Waals surface area (Å²) in [6, 6.07) is 15.9. The van der Waals surface area contributed by atoms with E-state index in [9.17, 15) is 14.4 Å². The van der Waals surface area contributed by atoms with Gasteiger partial charge in [-0.25, -0.2) is 4.79 Å². The molecule has 0 bridgehead atoms. The molecule has 2 aliphatic carbocycles. The van der Waals surface area contributed by atoms with E-state index in [0.717, 1.165) is 30.4 Å². The summed E-state index contributed by atoms with van der Waals surface area (Å²) < 4.78 is 5.66. The quantitative estimate of drug-likeness (QED) is 0.510. The Morgan fingerprint density at radius 2 is 1.63 bits per heavy atom. The molecule has 2 amide bonds. The molecular weight excluding hydrogens is 444 g/mol. The van der Waals surface area contributed by atoms with Crippen LogP contribution < -0.4 is 10.6 Å². The van der Waals surface area contributed by atoms with E-state index < -0.39 is 18.1 Å². The molecule has 2 aromatic rings. The molecule has 0 aromatic heterocycles. The fraction of sp³-hybridized carbons (Fsp3) is 0.464. The monoisotopic (exact) mass is 478 g/mol. The van der Waals surface area contributed by atoms with Crippen molar-refractivity contribution in [1.82, 2.24) is 10.6 Å². The molecule has 0 spiro atoms. The molecule has 2 aliphatic rings. The van der Waals surface area contributed by atoms with Gasteiger partial charge in [0.1, 0.15) is 6.61 Å². The molecule has 35 heavy (non-hydrogen) atoms. The van der Waals surface area contributed by atoms with E-state index in [1.807, 2.05) is 38.1 Å². The molecule has 4 rings (SSSR count). The van der Waals surface area contributed by atoms with Crippen molar-refractivity contribution in [1.29, 1.82) is 0 Å². The van der Waals surface area contributed by atoms with Gasteiger partial charge in [0.05, 0.1) is 6.42 Å². The highest BCUT2D eigenvalue weighted by atomic mass is 16.5. The van der Waals surface area contributed by atoms with Gasteiger partial charge >= 0.3 is 12.1 Å². The Labute approximate surface area is 206 Å². The number of carbonyl (C=O) groups excluding carboxylic acids is 2. The first kappa shape index (κ1) is 24.8. The number of rotatable bonds is 8. The second-order valence-electron chi connectivity index (χ2n) is 9.99. The Balaban J connectivity index is 1.31. The number of aliphatic carboxylic acids is 1. The average molecular weight is 479 g/mol. The van der Waals surface area contributed by atoms with Crippen molar-refractivity contribution in [2.45, 2.75) is 64.0 Å². The molecule has 7 nitrogen and oxygen atoms in total.